The summed E-state index contributed by atoms with van der Waals surface area (Å²) in [7, 11) is 0. The van der Waals surface area contributed by atoms with Gasteiger partial charge in [-0.05, 0) is 18.9 Å². The number of ether oxygens (including phenoxy) is 1. The molecular weight excluding hydrogens is 176 g/mol. The largest absolute Gasteiger partial charge is 0.365 e. The summed E-state index contributed by atoms with van der Waals surface area (Å²) in [5.74, 6) is -1.04. The van der Waals surface area contributed by atoms with Crippen molar-refractivity contribution in [2.24, 2.45) is 0 Å². The Balaban J connectivity index is 2.50. The quantitative estimate of drug-likeness (QED) is 0.729. The molecule has 0 aliphatic heterocycles. The molecule has 0 heterocycles. The van der Waals surface area contributed by atoms with Crippen molar-refractivity contribution in [3.05, 3.63) is 35.9 Å². The third-order valence-electron chi connectivity index (χ3n) is 1.99. The van der Waals surface area contributed by atoms with Gasteiger partial charge in [0.2, 0.25) is 0 Å². The molecule has 1 N–H and O–H groups in total. The highest BCUT2D eigenvalue weighted by atomic mass is 16.6. The first-order valence-corrected chi connectivity index (χ1v) is 5.04. The van der Waals surface area contributed by atoms with Crippen LogP contribution in [0.1, 0.15) is 25.8 Å². The van der Waals surface area contributed by atoms with Gasteiger partial charge in [0.05, 0.1) is 0 Å². The Kier molecular flexibility index (Phi) is 4.11. The predicted molar refractivity (Wildman–Crippen MR) is 57.0 cm³/mol. The van der Waals surface area contributed by atoms with Crippen LogP contribution < -0.4 is 0 Å². The molecule has 14 heavy (non-hydrogen) atoms. The Labute approximate surface area is 85.5 Å². The molecule has 0 fully saturated rings. The first-order chi connectivity index (χ1) is 6.64. The lowest BCUT2D eigenvalue weighted by Gasteiger charge is -2.23. The zero-order valence-electron chi connectivity index (χ0n) is 8.86. The SMILES string of the molecule is CCCOC(C)(O)Cc1ccccc1. The zero-order chi connectivity index (χ0) is 10.4. The summed E-state index contributed by atoms with van der Waals surface area (Å²) in [4.78, 5) is 0. The maximum atomic E-state index is 9.88. The Bertz CT molecular complexity index is 254. The van der Waals surface area contributed by atoms with Crippen LogP contribution in [0.4, 0.5) is 0 Å². The second-order valence-corrected chi connectivity index (χ2v) is 3.69. The predicted octanol–water partition coefficient (Wildman–Crippen LogP) is 2.36. The van der Waals surface area contributed by atoms with Gasteiger partial charge < -0.3 is 9.84 Å². The summed E-state index contributed by atoms with van der Waals surface area (Å²) in [5, 5.41) is 9.88. The molecule has 1 unspecified atom stereocenters. The van der Waals surface area contributed by atoms with Crippen LogP contribution in [0.5, 0.6) is 0 Å². The Morgan fingerprint density at radius 1 is 1.29 bits per heavy atom. The standard InChI is InChI=1S/C12H18O2/c1-3-9-14-12(2,13)10-11-7-5-4-6-8-11/h4-8,13H,3,9-10H2,1-2H3. The topological polar surface area (TPSA) is 29.5 Å². The molecule has 0 radical (unpaired) electrons. The first-order valence-electron chi connectivity index (χ1n) is 5.04. The van der Waals surface area contributed by atoms with Crippen LogP contribution in [0.3, 0.4) is 0 Å². The van der Waals surface area contributed by atoms with Crippen LogP contribution in [-0.2, 0) is 11.2 Å². The van der Waals surface area contributed by atoms with E-state index in [9.17, 15) is 5.11 Å². The van der Waals surface area contributed by atoms with E-state index in [1.165, 1.54) is 0 Å². The van der Waals surface area contributed by atoms with Gasteiger partial charge in [-0.15, -0.1) is 0 Å². The molecule has 0 spiro atoms. The lowest BCUT2D eigenvalue weighted by molar-refractivity contribution is -0.188. The van der Waals surface area contributed by atoms with Crippen molar-refractivity contribution < 1.29 is 9.84 Å². The van der Waals surface area contributed by atoms with E-state index in [1.807, 2.05) is 37.3 Å². The van der Waals surface area contributed by atoms with Gasteiger partial charge in [0.1, 0.15) is 0 Å². The van der Waals surface area contributed by atoms with Gasteiger partial charge in [0, 0.05) is 13.0 Å². The molecule has 0 aliphatic carbocycles. The smallest absolute Gasteiger partial charge is 0.166 e. The van der Waals surface area contributed by atoms with Crippen LogP contribution in [0.25, 0.3) is 0 Å². The summed E-state index contributed by atoms with van der Waals surface area (Å²) in [5.41, 5.74) is 1.09. The van der Waals surface area contributed by atoms with Crippen molar-refractivity contribution in [2.45, 2.75) is 32.5 Å². The van der Waals surface area contributed by atoms with Gasteiger partial charge in [-0.2, -0.15) is 0 Å². The van der Waals surface area contributed by atoms with Gasteiger partial charge in [-0.25, -0.2) is 0 Å². The van der Waals surface area contributed by atoms with Crippen LogP contribution in [0, 0.1) is 0 Å². The van der Waals surface area contributed by atoms with Crippen molar-refractivity contribution in [3.8, 4) is 0 Å². The number of benzene rings is 1. The first kappa shape index (κ1) is 11.2. The summed E-state index contributed by atoms with van der Waals surface area (Å²) >= 11 is 0. The maximum absolute atomic E-state index is 9.88. The fraction of sp³-hybridized carbons (Fsp3) is 0.500. The van der Waals surface area contributed by atoms with E-state index in [0.29, 0.717) is 13.0 Å². The average Bonchev–Trinajstić information content (AvgIpc) is 2.16. The number of aliphatic hydroxyl groups is 1. The zero-order valence-corrected chi connectivity index (χ0v) is 8.86. The lowest BCUT2D eigenvalue weighted by Crippen LogP contribution is -2.31. The molecule has 2 heteroatoms. The van der Waals surface area contributed by atoms with Crippen LogP contribution >= 0.6 is 0 Å². The van der Waals surface area contributed by atoms with Gasteiger partial charge in [0.15, 0.2) is 5.79 Å². The normalized spacial score (nSPS) is 15.1. The molecule has 1 atom stereocenters. The highest BCUT2D eigenvalue weighted by Gasteiger charge is 2.20. The molecule has 1 rings (SSSR count). The molecule has 78 valence electrons. The van der Waals surface area contributed by atoms with E-state index in [4.69, 9.17) is 4.74 Å². The number of hydrogen-bond acceptors (Lipinski definition) is 2. The van der Waals surface area contributed by atoms with Gasteiger partial charge in [-0.3, -0.25) is 0 Å². The van der Waals surface area contributed by atoms with E-state index in [-0.39, 0.29) is 0 Å². The summed E-state index contributed by atoms with van der Waals surface area (Å²) < 4.78 is 5.34. The fourth-order valence-corrected chi connectivity index (χ4v) is 1.35. The van der Waals surface area contributed by atoms with E-state index in [0.717, 1.165) is 12.0 Å². The van der Waals surface area contributed by atoms with E-state index in [2.05, 4.69) is 0 Å². The molecule has 0 saturated carbocycles. The monoisotopic (exact) mass is 194 g/mol. The van der Waals surface area contributed by atoms with Gasteiger partial charge in [-0.1, -0.05) is 37.3 Å². The number of hydrogen-bond donors (Lipinski definition) is 1. The number of rotatable bonds is 5. The van der Waals surface area contributed by atoms with Crippen molar-refractivity contribution in [3.63, 3.8) is 0 Å². The van der Waals surface area contributed by atoms with Crippen LogP contribution in [0.15, 0.2) is 30.3 Å². The third kappa shape index (κ3) is 3.90. The van der Waals surface area contributed by atoms with E-state index >= 15 is 0 Å². The van der Waals surface area contributed by atoms with E-state index in [1.54, 1.807) is 6.92 Å². The van der Waals surface area contributed by atoms with Crippen molar-refractivity contribution in [1.29, 1.82) is 0 Å². The second-order valence-electron chi connectivity index (χ2n) is 3.69. The Morgan fingerprint density at radius 2 is 1.93 bits per heavy atom. The minimum absolute atomic E-state index is 0.536. The summed E-state index contributed by atoms with van der Waals surface area (Å²) in [6, 6.07) is 9.87. The van der Waals surface area contributed by atoms with Gasteiger partial charge in [0.25, 0.3) is 0 Å². The van der Waals surface area contributed by atoms with Crippen molar-refractivity contribution >= 4 is 0 Å². The fourth-order valence-electron chi connectivity index (χ4n) is 1.35. The van der Waals surface area contributed by atoms with Gasteiger partial charge >= 0.3 is 0 Å². The molecule has 1 aromatic carbocycles. The van der Waals surface area contributed by atoms with E-state index < -0.39 is 5.79 Å². The maximum Gasteiger partial charge on any atom is 0.166 e. The molecule has 2 nitrogen and oxygen atoms in total. The molecule has 0 aliphatic rings. The van der Waals surface area contributed by atoms with Crippen molar-refractivity contribution in [2.75, 3.05) is 6.61 Å². The Hall–Kier alpha value is -0.860. The Morgan fingerprint density at radius 3 is 2.50 bits per heavy atom. The minimum atomic E-state index is -1.04. The van der Waals surface area contributed by atoms with Crippen LogP contribution in [0.2, 0.25) is 0 Å². The molecule has 0 amide bonds. The third-order valence-corrected chi connectivity index (χ3v) is 1.99. The highest BCUT2D eigenvalue weighted by molar-refractivity contribution is 5.15. The molecule has 0 bridgehead atoms. The molecular formula is C12H18O2. The average molecular weight is 194 g/mol. The van der Waals surface area contributed by atoms with Crippen molar-refractivity contribution in [1.82, 2.24) is 0 Å². The molecule has 0 aromatic heterocycles. The lowest BCUT2D eigenvalue weighted by atomic mass is 10.1. The summed E-state index contributed by atoms with van der Waals surface area (Å²) in [6.45, 7) is 4.33. The highest BCUT2D eigenvalue weighted by Crippen LogP contribution is 2.14. The molecule has 0 saturated heterocycles. The van der Waals surface area contributed by atoms with Crippen LogP contribution in [-0.4, -0.2) is 17.5 Å². The molecule has 1 aromatic rings. The summed E-state index contributed by atoms with van der Waals surface area (Å²) in [6.07, 6.45) is 1.46. The second kappa shape index (κ2) is 5.13. The minimum Gasteiger partial charge on any atom is -0.365 e.